The molecule has 2 rings (SSSR count). The molecule has 0 radical (unpaired) electrons. The molecule has 64 valence electrons. The van der Waals surface area contributed by atoms with Crippen molar-refractivity contribution in [3.8, 4) is 0 Å². The van der Waals surface area contributed by atoms with Crippen LogP contribution in [0.15, 0.2) is 18.3 Å². The predicted molar refractivity (Wildman–Crippen MR) is 46.9 cm³/mol. The summed E-state index contributed by atoms with van der Waals surface area (Å²) in [5.74, 6) is 0.448. The molecule has 0 aromatic carbocycles. The normalized spacial score (nSPS) is 19.2. The summed E-state index contributed by atoms with van der Waals surface area (Å²) < 4.78 is 0. The summed E-state index contributed by atoms with van der Waals surface area (Å²) in [5.41, 5.74) is 0.887. The summed E-state index contributed by atoms with van der Waals surface area (Å²) in [6.45, 7) is 0. The van der Waals surface area contributed by atoms with Crippen molar-refractivity contribution < 1.29 is 5.11 Å². The number of rotatable bonds is 2. The summed E-state index contributed by atoms with van der Waals surface area (Å²) in [7, 11) is 0. The van der Waals surface area contributed by atoms with E-state index in [1.165, 1.54) is 0 Å². The SMILES string of the molecule is OC(c1ccnc(Cl)c1)C1CC1. The van der Waals surface area contributed by atoms with Crippen LogP contribution in [0.3, 0.4) is 0 Å². The number of nitrogens with zero attached hydrogens (tertiary/aromatic N) is 1. The van der Waals surface area contributed by atoms with Gasteiger partial charge in [-0.2, -0.15) is 0 Å². The van der Waals surface area contributed by atoms with Gasteiger partial charge in [0.2, 0.25) is 0 Å². The minimum atomic E-state index is -0.342. The number of pyridine rings is 1. The fraction of sp³-hybridized carbons (Fsp3) is 0.444. The summed E-state index contributed by atoms with van der Waals surface area (Å²) in [6, 6.07) is 3.54. The largest absolute Gasteiger partial charge is 0.388 e. The van der Waals surface area contributed by atoms with E-state index < -0.39 is 0 Å². The number of hydrogen-bond acceptors (Lipinski definition) is 2. The highest BCUT2D eigenvalue weighted by Gasteiger charge is 2.30. The van der Waals surface area contributed by atoms with Crippen LogP contribution in [0.4, 0.5) is 0 Å². The Morgan fingerprint density at radius 3 is 2.92 bits per heavy atom. The maximum Gasteiger partial charge on any atom is 0.129 e. The first-order chi connectivity index (χ1) is 5.77. The van der Waals surface area contributed by atoms with Crippen LogP contribution in [0.5, 0.6) is 0 Å². The molecule has 1 saturated carbocycles. The highest BCUT2D eigenvalue weighted by Crippen LogP contribution is 2.40. The molecule has 1 unspecified atom stereocenters. The van der Waals surface area contributed by atoms with Crippen molar-refractivity contribution in [1.29, 1.82) is 0 Å². The van der Waals surface area contributed by atoms with Crippen LogP contribution in [-0.4, -0.2) is 10.1 Å². The van der Waals surface area contributed by atoms with E-state index in [1.54, 1.807) is 12.3 Å². The van der Waals surface area contributed by atoms with Crippen LogP contribution in [-0.2, 0) is 0 Å². The molecule has 1 aromatic heterocycles. The first-order valence-electron chi connectivity index (χ1n) is 4.07. The second kappa shape index (κ2) is 3.04. The van der Waals surface area contributed by atoms with E-state index in [9.17, 15) is 5.11 Å². The molecule has 12 heavy (non-hydrogen) atoms. The van der Waals surface area contributed by atoms with Crippen molar-refractivity contribution in [1.82, 2.24) is 4.98 Å². The van der Waals surface area contributed by atoms with Crippen LogP contribution in [0.1, 0.15) is 24.5 Å². The minimum absolute atomic E-state index is 0.342. The van der Waals surface area contributed by atoms with Crippen molar-refractivity contribution >= 4 is 11.6 Å². The lowest BCUT2D eigenvalue weighted by atomic mass is 10.1. The third-order valence-electron chi connectivity index (χ3n) is 2.16. The molecular formula is C9H10ClNO. The standard InChI is InChI=1S/C9H10ClNO/c10-8-5-7(3-4-11-8)9(12)6-1-2-6/h3-6,9,12H,1-2H2. The van der Waals surface area contributed by atoms with Crippen molar-refractivity contribution in [2.45, 2.75) is 18.9 Å². The zero-order chi connectivity index (χ0) is 8.55. The van der Waals surface area contributed by atoms with Gasteiger partial charge in [0.25, 0.3) is 0 Å². The number of aliphatic hydroxyl groups excluding tert-OH is 1. The third-order valence-corrected chi connectivity index (χ3v) is 2.37. The Balaban J connectivity index is 2.20. The Morgan fingerprint density at radius 1 is 1.58 bits per heavy atom. The minimum Gasteiger partial charge on any atom is -0.388 e. The lowest BCUT2D eigenvalue weighted by Gasteiger charge is -2.08. The monoisotopic (exact) mass is 183 g/mol. The first kappa shape index (κ1) is 8.02. The van der Waals surface area contributed by atoms with E-state index in [4.69, 9.17) is 11.6 Å². The molecule has 0 saturated heterocycles. The van der Waals surface area contributed by atoms with Crippen LogP contribution in [0, 0.1) is 5.92 Å². The lowest BCUT2D eigenvalue weighted by molar-refractivity contribution is 0.154. The van der Waals surface area contributed by atoms with E-state index in [-0.39, 0.29) is 6.10 Å². The molecule has 1 aliphatic carbocycles. The van der Waals surface area contributed by atoms with E-state index in [2.05, 4.69) is 4.98 Å². The zero-order valence-corrected chi connectivity index (χ0v) is 7.33. The van der Waals surface area contributed by atoms with Gasteiger partial charge in [-0.3, -0.25) is 0 Å². The Morgan fingerprint density at radius 2 is 2.33 bits per heavy atom. The van der Waals surface area contributed by atoms with Gasteiger partial charge >= 0.3 is 0 Å². The molecule has 0 spiro atoms. The molecule has 3 heteroatoms. The molecule has 1 heterocycles. The maximum atomic E-state index is 9.70. The topological polar surface area (TPSA) is 33.1 Å². The molecule has 0 aliphatic heterocycles. The van der Waals surface area contributed by atoms with Gasteiger partial charge in [-0.15, -0.1) is 0 Å². The average Bonchev–Trinajstić information content (AvgIpc) is 2.85. The Kier molecular flexibility index (Phi) is 2.03. The van der Waals surface area contributed by atoms with Crippen molar-refractivity contribution in [2.75, 3.05) is 0 Å². The van der Waals surface area contributed by atoms with E-state index in [1.807, 2.05) is 6.07 Å². The summed E-state index contributed by atoms with van der Waals surface area (Å²) >= 11 is 5.69. The number of hydrogen-bond donors (Lipinski definition) is 1. The second-order valence-corrected chi connectivity index (χ2v) is 3.58. The maximum absolute atomic E-state index is 9.70. The Hall–Kier alpha value is -0.600. The fourth-order valence-electron chi connectivity index (χ4n) is 1.29. The van der Waals surface area contributed by atoms with Gasteiger partial charge in [0.15, 0.2) is 0 Å². The highest BCUT2D eigenvalue weighted by atomic mass is 35.5. The van der Waals surface area contributed by atoms with E-state index in [0.29, 0.717) is 11.1 Å². The molecule has 1 aliphatic rings. The van der Waals surface area contributed by atoms with Gasteiger partial charge in [0, 0.05) is 6.20 Å². The van der Waals surface area contributed by atoms with Crippen LogP contribution >= 0.6 is 11.6 Å². The molecule has 1 atom stereocenters. The summed E-state index contributed by atoms with van der Waals surface area (Å²) in [5, 5.41) is 10.1. The summed E-state index contributed by atoms with van der Waals surface area (Å²) in [6.07, 6.45) is 3.54. The van der Waals surface area contributed by atoms with E-state index >= 15 is 0 Å². The molecule has 1 fully saturated rings. The van der Waals surface area contributed by atoms with Gasteiger partial charge < -0.3 is 5.11 Å². The smallest absolute Gasteiger partial charge is 0.129 e. The zero-order valence-electron chi connectivity index (χ0n) is 6.57. The average molecular weight is 184 g/mol. The first-order valence-corrected chi connectivity index (χ1v) is 4.44. The van der Waals surface area contributed by atoms with Gasteiger partial charge in [0.1, 0.15) is 5.15 Å². The number of aromatic nitrogens is 1. The van der Waals surface area contributed by atoms with Crippen molar-refractivity contribution in [2.24, 2.45) is 5.92 Å². The van der Waals surface area contributed by atoms with Crippen molar-refractivity contribution in [3.05, 3.63) is 29.0 Å². The molecule has 0 amide bonds. The quantitative estimate of drug-likeness (QED) is 0.713. The Bertz CT molecular complexity index is 286. The van der Waals surface area contributed by atoms with E-state index in [0.717, 1.165) is 18.4 Å². The van der Waals surface area contributed by atoms with Crippen molar-refractivity contribution in [3.63, 3.8) is 0 Å². The number of halogens is 1. The highest BCUT2D eigenvalue weighted by molar-refractivity contribution is 6.29. The number of aliphatic hydroxyl groups is 1. The van der Waals surface area contributed by atoms with Gasteiger partial charge in [-0.05, 0) is 36.5 Å². The summed E-state index contributed by atoms with van der Waals surface area (Å²) in [4.78, 5) is 3.86. The van der Waals surface area contributed by atoms with Gasteiger partial charge in [0.05, 0.1) is 6.10 Å². The fourth-order valence-corrected chi connectivity index (χ4v) is 1.47. The molecule has 1 aromatic rings. The molecule has 1 N–H and O–H groups in total. The lowest BCUT2D eigenvalue weighted by Crippen LogP contribution is -1.99. The predicted octanol–water partition coefficient (Wildman–Crippen LogP) is 2.18. The molecular weight excluding hydrogens is 174 g/mol. The Labute approximate surface area is 76.2 Å². The second-order valence-electron chi connectivity index (χ2n) is 3.19. The van der Waals surface area contributed by atoms with Crippen LogP contribution in [0.25, 0.3) is 0 Å². The molecule has 0 bridgehead atoms. The third kappa shape index (κ3) is 1.59. The van der Waals surface area contributed by atoms with Crippen LogP contribution < -0.4 is 0 Å². The van der Waals surface area contributed by atoms with Gasteiger partial charge in [-0.1, -0.05) is 11.6 Å². The van der Waals surface area contributed by atoms with Gasteiger partial charge in [-0.25, -0.2) is 4.98 Å². The van der Waals surface area contributed by atoms with Crippen LogP contribution in [0.2, 0.25) is 5.15 Å². The molecule has 2 nitrogen and oxygen atoms in total.